The van der Waals surface area contributed by atoms with Gasteiger partial charge in [0.05, 0.1) is 24.2 Å². The van der Waals surface area contributed by atoms with Crippen molar-refractivity contribution < 1.29 is 22.7 Å². The van der Waals surface area contributed by atoms with Crippen LogP contribution in [0.4, 0.5) is 5.69 Å². The summed E-state index contributed by atoms with van der Waals surface area (Å²) < 4.78 is 41.2. The maximum atomic E-state index is 13.3. The molecule has 41 heavy (non-hydrogen) atoms. The number of hydrogen-bond donors (Lipinski definition) is 1. The van der Waals surface area contributed by atoms with Gasteiger partial charge in [0, 0.05) is 30.8 Å². The van der Waals surface area contributed by atoms with Crippen LogP contribution in [0.1, 0.15) is 66.9 Å². The highest BCUT2D eigenvalue weighted by Crippen LogP contribution is 2.50. The Morgan fingerprint density at radius 1 is 1.00 bits per heavy atom. The first-order valence-electron chi connectivity index (χ1n) is 15.1. The molecule has 0 saturated heterocycles. The molecule has 2 saturated carbocycles. The molecule has 2 aromatic carbocycles. The van der Waals surface area contributed by atoms with Crippen molar-refractivity contribution in [3.63, 3.8) is 0 Å². The van der Waals surface area contributed by atoms with Crippen molar-refractivity contribution in [3.8, 4) is 5.75 Å². The number of methoxy groups -OCH3 is 1. The van der Waals surface area contributed by atoms with Crippen molar-refractivity contribution in [1.82, 2.24) is 4.72 Å². The van der Waals surface area contributed by atoms with E-state index in [1.165, 1.54) is 11.1 Å². The van der Waals surface area contributed by atoms with Crippen LogP contribution in [0.3, 0.4) is 0 Å². The Balaban J connectivity index is 1.44. The Bertz CT molecular complexity index is 1400. The summed E-state index contributed by atoms with van der Waals surface area (Å²) in [6.45, 7) is 4.02. The van der Waals surface area contributed by atoms with E-state index in [-0.39, 0.29) is 23.7 Å². The van der Waals surface area contributed by atoms with Gasteiger partial charge in [0.2, 0.25) is 10.0 Å². The quantitative estimate of drug-likeness (QED) is 0.443. The number of carbonyl (C=O) groups is 1. The zero-order valence-corrected chi connectivity index (χ0v) is 25.6. The largest absolute Gasteiger partial charge is 0.491 e. The van der Waals surface area contributed by atoms with Gasteiger partial charge in [0.1, 0.15) is 5.75 Å². The zero-order chi connectivity index (χ0) is 28.7. The van der Waals surface area contributed by atoms with E-state index >= 15 is 0 Å². The second-order valence-electron chi connectivity index (χ2n) is 12.6. The minimum atomic E-state index is -3.81. The van der Waals surface area contributed by atoms with Crippen LogP contribution in [0.5, 0.6) is 5.75 Å². The van der Waals surface area contributed by atoms with Gasteiger partial charge in [-0.3, -0.25) is 4.79 Å². The van der Waals surface area contributed by atoms with Gasteiger partial charge < -0.3 is 14.4 Å². The summed E-state index contributed by atoms with van der Waals surface area (Å²) in [6, 6.07) is 11.4. The standard InChI is InChI=1S/C32H41ClN2O5S/c1-20-19-41(37,38)34-32(36)22-8-13-30-29(16-22)35(17-23-6-9-25(33)15-21(23)5-3-4-14-40-30)18-24-7-10-27(24)31(39-2)28-12-11-26(20)28/h6,8-9,13,15-16,20,24,26-28,31H,3-5,7,10-12,14,17-19H2,1-2H3,(H,34,36)/t20-,24+,26?,27-,28?,31-/m1/s1. The highest BCUT2D eigenvalue weighted by Gasteiger charge is 2.48. The lowest BCUT2D eigenvalue weighted by Crippen LogP contribution is -2.51. The number of rotatable bonds is 1. The van der Waals surface area contributed by atoms with Crippen LogP contribution in [0, 0.1) is 29.6 Å². The van der Waals surface area contributed by atoms with Crippen molar-refractivity contribution in [1.29, 1.82) is 0 Å². The average Bonchev–Trinajstić information content (AvgIpc) is 2.91. The molecule has 6 atom stereocenters. The van der Waals surface area contributed by atoms with E-state index in [4.69, 9.17) is 21.1 Å². The third-order valence-electron chi connectivity index (χ3n) is 10.1. The number of fused-ring (bicyclic) bond motifs is 4. The highest BCUT2D eigenvalue weighted by atomic mass is 35.5. The number of nitrogens with zero attached hydrogens (tertiary/aromatic N) is 1. The summed E-state index contributed by atoms with van der Waals surface area (Å²) in [5.41, 5.74) is 3.59. The Morgan fingerprint density at radius 3 is 2.54 bits per heavy atom. The van der Waals surface area contributed by atoms with E-state index in [2.05, 4.69) is 21.8 Å². The molecule has 1 N–H and O–H groups in total. The van der Waals surface area contributed by atoms with Crippen LogP contribution < -0.4 is 14.4 Å². The molecule has 2 bridgehead atoms. The molecule has 2 unspecified atom stereocenters. The second kappa shape index (κ2) is 11.8. The second-order valence-corrected chi connectivity index (χ2v) is 14.8. The van der Waals surface area contributed by atoms with E-state index in [0.29, 0.717) is 36.5 Å². The van der Waals surface area contributed by atoms with Crippen molar-refractivity contribution in [2.24, 2.45) is 29.6 Å². The molecule has 6 rings (SSSR count). The van der Waals surface area contributed by atoms with Crippen molar-refractivity contribution in [2.75, 3.05) is 30.9 Å². The van der Waals surface area contributed by atoms with Gasteiger partial charge in [-0.05, 0) is 116 Å². The van der Waals surface area contributed by atoms with Crippen LogP contribution in [-0.4, -0.2) is 46.4 Å². The monoisotopic (exact) mass is 600 g/mol. The highest BCUT2D eigenvalue weighted by molar-refractivity contribution is 7.90. The van der Waals surface area contributed by atoms with E-state index < -0.39 is 15.9 Å². The smallest absolute Gasteiger partial charge is 0.264 e. The first-order chi connectivity index (χ1) is 19.7. The number of nitrogens with one attached hydrogen (secondary N) is 1. The number of carbonyl (C=O) groups excluding carboxylic acids is 1. The summed E-state index contributed by atoms with van der Waals surface area (Å²) in [5, 5.41) is 0.735. The molecule has 7 nitrogen and oxygen atoms in total. The molecule has 2 heterocycles. The summed E-state index contributed by atoms with van der Waals surface area (Å²) in [7, 11) is -2.00. The average molecular weight is 601 g/mol. The summed E-state index contributed by atoms with van der Waals surface area (Å²) in [4.78, 5) is 15.7. The lowest BCUT2D eigenvalue weighted by atomic mass is 9.58. The molecule has 4 aliphatic rings. The van der Waals surface area contributed by atoms with Crippen LogP contribution in [0.15, 0.2) is 36.4 Å². The number of aryl methyl sites for hydroxylation is 1. The Hall–Kier alpha value is -2.29. The van der Waals surface area contributed by atoms with E-state index in [0.717, 1.165) is 68.0 Å². The molecular weight excluding hydrogens is 560 g/mol. The minimum Gasteiger partial charge on any atom is -0.491 e. The SMILES string of the molecule is CO[C@H]1C2CCC2[C@H](C)CS(=O)(=O)NC(=O)c2ccc3c(c2)N(Cc2ccc(Cl)cc2CCCCO3)C[C@@H]2CC[C@H]21. The van der Waals surface area contributed by atoms with Gasteiger partial charge in [-0.2, -0.15) is 0 Å². The van der Waals surface area contributed by atoms with Crippen LogP contribution in [0.2, 0.25) is 5.02 Å². The first-order valence-corrected chi connectivity index (χ1v) is 17.1. The van der Waals surface area contributed by atoms with Gasteiger partial charge >= 0.3 is 0 Å². The molecule has 9 heteroatoms. The van der Waals surface area contributed by atoms with Gasteiger partial charge in [-0.1, -0.05) is 24.6 Å². The number of benzene rings is 2. The number of anilines is 1. The lowest BCUT2D eigenvalue weighted by molar-refractivity contribution is -0.101. The molecule has 0 spiro atoms. The Kier molecular flexibility index (Phi) is 8.27. The molecule has 0 radical (unpaired) electrons. The maximum Gasteiger partial charge on any atom is 0.264 e. The van der Waals surface area contributed by atoms with E-state index in [1.807, 2.05) is 32.2 Å². The Morgan fingerprint density at radius 2 is 1.80 bits per heavy atom. The topological polar surface area (TPSA) is 84.9 Å². The number of halogens is 1. The third-order valence-corrected chi connectivity index (χ3v) is 11.8. The third kappa shape index (κ3) is 5.98. The zero-order valence-electron chi connectivity index (χ0n) is 24.0. The number of hydrogen-bond acceptors (Lipinski definition) is 6. The van der Waals surface area contributed by atoms with Gasteiger partial charge in [-0.25, -0.2) is 13.1 Å². The van der Waals surface area contributed by atoms with Gasteiger partial charge in [-0.15, -0.1) is 0 Å². The van der Waals surface area contributed by atoms with Crippen molar-refractivity contribution in [2.45, 2.75) is 64.5 Å². The number of ether oxygens (including phenoxy) is 2. The fraction of sp³-hybridized carbons (Fsp3) is 0.594. The van der Waals surface area contributed by atoms with Gasteiger partial charge in [0.15, 0.2) is 0 Å². The molecule has 2 aromatic rings. The van der Waals surface area contributed by atoms with E-state index in [1.54, 1.807) is 6.07 Å². The number of sulfonamides is 1. The molecule has 2 fully saturated rings. The maximum absolute atomic E-state index is 13.3. The van der Waals surface area contributed by atoms with Crippen LogP contribution >= 0.6 is 11.6 Å². The summed E-state index contributed by atoms with van der Waals surface area (Å²) in [6.07, 6.45) is 7.20. The number of amides is 1. The normalized spacial score (nSPS) is 31.6. The molecule has 222 valence electrons. The van der Waals surface area contributed by atoms with Crippen molar-refractivity contribution in [3.05, 3.63) is 58.1 Å². The Labute approximate surface area is 249 Å². The fourth-order valence-electron chi connectivity index (χ4n) is 7.64. The van der Waals surface area contributed by atoms with Crippen molar-refractivity contribution >= 4 is 33.2 Å². The predicted octanol–water partition coefficient (Wildman–Crippen LogP) is 5.84. The van der Waals surface area contributed by atoms with E-state index in [9.17, 15) is 13.2 Å². The predicted molar refractivity (Wildman–Crippen MR) is 161 cm³/mol. The molecule has 2 aliphatic heterocycles. The molecular formula is C32H41ClN2O5S. The molecule has 2 aliphatic carbocycles. The molecule has 1 amide bonds. The first kappa shape index (κ1) is 28.8. The lowest BCUT2D eigenvalue weighted by Gasteiger charge is -2.52. The minimum absolute atomic E-state index is 0.0583. The van der Waals surface area contributed by atoms with Gasteiger partial charge in [0.25, 0.3) is 5.91 Å². The van der Waals surface area contributed by atoms with Crippen LogP contribution in [-0.2, 0) is 27.7 Å². The van der Waals surface area contributed by atoms with Crippen LogP contribution in [0.25, 0.3) is 0 Å². The summed E-state index contributed by atoms with van der Waals surface area (Å²) in [5.74, 6) is 1.45. The molecule has 0 aromatic heterocycles. The summed E-state index contributed by atoms with van der Waals surface area (Å²) >= 11 is 6.42. The fourth-order valence-corrected chi connectivity index (χ4v) is 9.26.